The number of aryl methyl sites for hydroxylation is 2. The summed E-state index contributed by atoms with van der Waals surface area (Å²) in [6, 6.07) is 6.44. The molecule has 0 aliphatic rings. The molecule has 0 heterocycles. The lowest BCUT2D eigenvalue weighted by molar-refractivity contribution is 0.111. The summed E-state index contributed by atoms with van der Waals surface area (Å²) in [7, 11) is 0. The van der Waals surface area contributed by atoms with E-state index in [-0.39, 0.29) is 0 Å². The molecule has 0 fully saturated rings. The average Bonchev–Trinajstić information content (AvgIpc) is 2.26. The predicted octanol–water partition coefficient (Wildman–Crippen LogP) is 3.07. The molecule has 0 radical (unpaired) electrons. The van der Waals surface area contributed by atoms with E-state index in [1.54, 1.807) is 0 Å². The molecule has 0 spiro atoms. The molecule has 0 aromatic heterocycles. The Hall–Kier alpha value is -0.860. The summed E-state index contributed by atoms with van der Waals surface area (Å²) in [4.78, 5) is 0. The number of ether oxygens (including phenoxy) is 1. The molecule has 17 heavy (non-hydrogen) atoms. The molecule has 1 aromatic carbocycles. The second-order valence-corrected chi connectivity index (χ2v) is 5.02. The van der Waals surface area contributed by atoms with Crippen LogP contribution in [0, 0.1) is 19.8 Å². The third-order valence-electron chi connectivity index (χ3n) is 2.82. The lowest BCUT2D eigenvalue weighted by Crippen LogP contribution is -2.21. The molecule has 96 valence electrons. The van der Waals surface area contributed by atoms with Crippen LogP contribution in [0.2, 0.25) is 0 Å². The average molecular weight is 235 g/mol. The summed E-state index contributed by atoms with van der Waals surface area (Å²) in [6.45, 7) is 12.2. The first kappa shape index (κ1) is 14.2. The Morgan fingerprint density at radius 1 is 1.18 bits per heavy atom. The van der Waals surface area contributed by atoms with E-state index in [1.807, 2.05) is 0 Å². The molecule has 2 nitrogen and oxygen atoms in total. The van der Waals surface area contributed by atoms with Gasteiger partial charge < -0.3 is 10.1 Å². The lowest BCUT2D eigenvalue weighted by Gasteiger charge is -2.11. The maximum atomic E-state index is 5.53. The van der Waals surface area contributed by atoms with Gasteiger partial charge in [-0.2, -0.15) is 0 Å². The number of nitrogens with one attached hydrogen (secondary N) is 1. The maximum absolute atomic E-state index is 5.53. The van der Waals surface area contributed by atoms with Gasteiger partial charge in [0.05, 0.1) is 6.61 Å². The van der Waals surface area contributed by atoms with Gasteiger partial charge in [-0.15, -0.1) is 0 Å². The van der Waals surface area contributed by atoms with Gasteiger partial charge in [0.2, 0.25) is 0 Å². The van der Waals surface area contributed by atoms with Crippen LogP contribution in [0.4, 0.5) is 0 Å². The number of benzene rings is 1. The Morgan fingerprint density at radius 2 is 1.82 bits per heavy atom. The molecule has 0 atom stereocenters. The van der Waals surface area contributed by atoms with Crippen molar-refractivity contribution in [2.75, 3.05) is 19.8 Å². The molecule has 0 bridgehead atoms. The minimum Gasteiger partial charge on any atom is -0.380 e. The first-order valence-corrected chi connectivity index (χ1v) is 6.44. The van der Waals surface area contributed by atoms with E-state index in [0.717, 1.165) is 26.3 Å². The summed E-state index contributed by atoms with van der Waals surface area (Å²) >= 11 is 0. The fourth-order valence-electron chi connectivity index (χ4n) is 1.80. The zero-order valence-electron chi connectivity index (χ0n) is 11.5. The van der Waals surface area contributed by atoms with Crippen LogP contribution in [-0.4, -0.2) is 19.8 Å². The third-order valence-corrected chi connectivity index (χ3v) is 2.82. The zero-order chi connectivity index (χ0) is 12.7. The van der Waals surface area contributed by atoms with Gasteiger partial charge in [0.25, 0.3) is 0 Å². The first-order valence-electron chi connectivity index (χ1n) is 6.44. The Morgan fingerprint density at radius 3 is 2.41 bits per heavy atom. The monoisotopic (exact) mass is 235 g/mol. The summed E-state index contributed by atoms with van der Waals surface area (Å²) in [5.74, 6) is 0.619. The van der Waals surface area contributed by atoms with Crippen LogP contribution in [0.1, 0.15) is 30.5 Å². The number of hydrogen-bond donors (Lipinski definition) is 1. The molecule has 0 aliphatic heterocycles. The summed E-state index contributed by atoms with van der Waals surface area (Å²) in [5.41, 5.74) is 4.14. The highest BCUT2D eigenvalue weighted by Gasteiger charge is 2.01. The van der Waals surface area contributed by atoms with Crippen molar-refractivity contribution < 1.29 is 4.74 Å². The predicted molar refractivity (Wildman–Crippen MR) is 73.3 cm³/mol. The minimum absolute atomic E-state index is 0.619. The van der Waals surface area contributed by atoms with Crippen molar-refractivity contribution in [3.8, 4) is 0 Å². The van der Waals surface area contributed by atoms with Gasteiger partial charge in [-0.25, -0.2) is 0 Å². The molecule has 2 heteroatoms. The van der Waals surface area contributed by atoms with E-state index in [2.05, 4.69) is 51.2 Å². The van der Waals surface area contributed by atoms with E-state index < -0.39 is 0 Å². The van der Waals surface area contributed by atoms with Crippen LogP contribution in [0.25, 0.3) is 0 Å². The van der Waals surface area contributed by atoms with Gasteiger partial charge in [-0.05, 0) is 36.5 Å². The maximum Gasteiger partial charge on any atom is 0.0591 e. The highest BCUT2D eigenvalue weighted by atomic mass is 16.5. The standard InChI is InChI=1S/C15H25NO/c1-12(2)11-17-9-8-16-10-15-13(3)6-5-7-14(15)4/h5-7,12,16H,8-11H2,1-4H3. The summed E-state index contributed by atoms with van der Waals surface area (Å²) < 4.78 is 5.53. The topological polar surface area (TPSA) is 21.3 Å². The number of hydrogen-bond acceptors (Lipinski definition) is 2. The second kappa shape index (κ2) is 7.46. The highest BCUT2D eigenvalue weighted by molar-refractivity contribution is 5.33. The van der Waals surface area contributed by atoms with Crippen molar-refractivity contribution in [1.82, 2.24) is 5.32 Å². The molecule has 0 saturated heterocycles. The molecular weight excluding hydrogens is 210 g/mol. The van der Waals surface area contributed by atoms with Crippen molar-refractivity contribution >= 4 is 0 Å². The van der Waals surface area contributed by atoms with Crippen LogP contribution in [-0.2, 0) is 11.3 Å². The Bertz CT molecular complexity index is 313. The normalized spacial score (nSPS) is 11.1. The molecule has 0 amide bonds. The molecule has 0 unspecified atom stereocenters. The first-order chi connectivity index (χ1) is 8.11. The minimum atomic E-state index is 0.619. The molecule has 0 aliphatic carbocycles. The van der Waals surface area contributed by atoms with Gasteiger partial charge in [-0.3, -0.25) is 0 Å². The molecule has 1 aromatic rings. The van der Waals surface area contributed by atoms with Gasteiger partial charge in [0, 0.05) is 19.7 Å². The molecule has 1 N–H and O–H groups in total. The van der Waals surface area contributed by atoms with Gasteiger partial charge >= 0.3 is 0 Å². The molecular formula is C15H25NO. The van der Waals surface area contributed by atoms with Crippen LogP contribution in [0.5, 0.6) is 0 Å². The second-order valence-electron chi connectivity index (χ2n) is 5.02. The third kappa shape index (κ3) is 5.33. The quantitative estimate of drug-likeness (QED) is 0.733. The van der Waals surface area contributed by atoms with Crippen molar-refractivity contribution in [2.45, 2.75) is 34.2 Å². The number of rotatable bonds is 7. The van der Waals surface area contributed by atoms with E-state index >= 15 is 0 Å². The Kier molecular flexibility index (Phi) is 6.23. The Balaban J connectivity index is 2.22. The SMILES string of the molecule is Cc1cccc(C)c1CNCCOCC(C)C. The van der Waals surface area contributed by atoms with Gasteiger partial charge in [0.15, 0.2) is 0 Å². The van der Waals surface area contributed by atoms with Crippen LogP contribution < -0.4 is 5.32 Å². The van der Waals surface area contributed by atoms with Crippen LogP contribution >= 0.6 is 0 Å². The van der Waals surface area contributed by atoms with E-state index in [4.69, 9.17) is 4.74 Å². The van der Waals surface area contributed by atoms with E-state index in [1.165, 1.54) is 16.7 Å². The fraction of sp³-hybridized carbons (Fsp3) is 0.600. The molecule has 0 saturated carbocycles. The van der Waals surface area contributed by atoms with E-state index in [0.29, 0.717) is 5.92 Å². The van der Waals surface area contributed by atoms with Crippen LogP contribution in [0.3, 0.4) is 0 Å². The van der Waals surface area contributed by atoms with Gasteiger partial charge in [0.1, 0.15) is 0 Å². The largest absolute Gasteiger partial charge is 0.380 e. The lowest BCUT2D eigenvalue weighted by atomic mass is 10.0. The summed E-state index contributed by atoms with van der Waals surface area (Å²) in [5, 5.41) is 3.43. The highest BCUT2D eigenvalue weighted by Crippen LogP contribution is 2.12. The van der Waals surface area contributed by atoms with Crippen molar-refractivity contribution in [2.24, 2.45) is 5.92 Å². The fourth-order valence-corrected chi connectivity index (χ4v) is 1.80. The van der Waals surface area contributed by atoms with Crippen molar-refractivity contribution in [3.63, 3.8) is 0 Å². The zero-order valence-corrected chi connectivity index (χ0v) is 11.5. The summed E-state index contributed by atoms with van der Waals surface area (Å²) in [6.07, 6.45) is 0. The van der Waals surface area contributed by atoms with Gasteiger partial charge in [-0.1, -0.05) is 32.0 Å². The smallest absolute Gasteiger partial charge is 0.0591 e. The molecule has 1 rings (SSSR count). The van der Waals surface area contributed by atoms with Crippen LogP contribution in [0.15, 0.2) is 18.2 Å². The van der Waals surface area contributed by atoms with Crippen molar-refractivity contribution in [1.29, 1.82) is 0 Å². The Labute approximate surface area is 105 Å². The van der Waals surface area contributed by atoms with Crippen molar-refractivity contribution in [3.05, 3.63) is 34.9 Å². The van der Waals surface area contributed by atoms with E-state index in [9.17, 15) is 0 Å².